The van der Waals surface area contributed by atoms with Crippen LogP contribution in [0.4, 0.5) is 0 Å². The van der Waals surface area contributed by atoms with Crippen molar-refractivity contribution in [2.45, 2.75) is 25.7 Å². The molecule has 1 rings (SSSR count). The summed E-state index contributed by atoms with van der Waals surface area (Å²) in [5, 5.41) is 3.43. The zero-order chi connectivity index (χ0) is 13.4. The molecule has 0 amide bonds. The number of nitrogens with two attached hydrogens (primary N) is 1. The van der Waals surface area contributed by atoms with Gasteiger partial charge in [-0.3, -0.25) is 0 Å². The minimum Gasteiger partial charge on any atom is -0.380 e. The number of rotatable bonds is 8. The molecule has 0 aliphatic carbocycles. The van der Waals surface area contributed by atoms with Crippen LogP contribution >= 0.6 is 0 Å². The van der Waals surface area contributed by atoms with Gasteiger partial charge >= 0.3 is 0 Å². The second-order valence-electron chi connectivity index (χ2n) is 4.37. The van der Waals surface area contributed by atoms with E-state index in [4.69, 9.17) is 15.2 Å². The summed E-state index contributed by atoms with van der Waals surface area (Å²) in [5.74, 6) is 0. The molecule has 0 aliphatic rings. The molecular weight excluding hydrogens is 228 g/mol. The van der Waals surface area contributed by atoms with Crippen molar-refractivity contribution in [2.75, 3.05) is 27.3 Å². The highest BCUT2D eigenvalue weighted by Crippen LogP contribution is 2.18. The second-order valence-corrected chi connectivity index (χ2v) is 4.37. The van der Waals surface area contributed by atoms with Crippen molar-refractivity contribution in [3.8, 4) is 0 Å². The van der Waals surface area contributed by atoms with E-state index in [1.54, 1.807) is 14.2 Å². The monoisotopic (exact) mass is 252 g/mol. The van der Waals surface area contributed by atoms with Crippen molar-refractivity contribution in [3.63, 3.8) is 0 Å². The van der Waals surface area contributed by atoms with Gasteiger partial charge in [0, 0.05) is 33.4 Å². The number of ether oxygens (including phenoxy) is 2. The van der Waals surface area contributed by atoms with Crippen molar-refractivity contribution in [2.24, 2.45) is 5.73 Å². The Balaban J connectivity index is 2.74. The molecule has 3 N–H and O–H groups in total. The van der Waals surface area contributed by atoms with E-state index >= 15 is 0 Å². The lowest BCUT2D eigenvalue weighted by Gasteiger charge is -2.22. The van der Waals surface area contributed by atoms with Gasteiger partial charge in [-0.25, -0.2) is 0 Å². The van der Waals surface area contributed by atoms with E-state index in [1.165, 1.54) is 11.1 Å². The van der Waals surface area contributed by atoms with E-state index in [0.29, 0.717) is 13.2 Å². The Labute approximate surface area is 109 Å². The maximum atomic E-state index is 5.85. The molecule has 0 saturated carbocycles. The summed E-state index contributed by atoms with van der Waals surface area (Å²) in [6.07, 6.45) is 0.175. The lowest BCUT2D eigenvalue weighted by atomic mass is 10.0. The Morgan fingerprint density at radius 3 is 2.61 bits per heavy atom. The van der Waals surface area contributed by atoms with Crippen LogP contribution in [0.2, 0.25) is 0 Å². The van der Waals surface area contributed by atoms with E-state index in [9.17, 15) is 0 Å². The fourth-order valence-corrected chi connectivity index (χ4v) is 1.87. The average Bonchev–Trinajstić information content (AvgIpc) is 2.41. The van der Waals surface area contributed by atoms with Gasteiger partial charge in [0.2, 0.25) is 0 Å². The summed E-state index contributed by atoms with van der Waals surface area (Å²) in [7, 11) is 3.41. The van der Waals surface area contributed by atoms with Crippen molar-refractivity contribution < 1.29 is 9.47 Å². The lowest BCUT2D eigenvalue weighted by molar-refractivity contribution is 0.114. The van der Waals surface area contributed by atoms with Gasteiger partial charge < -0.3 is 20.5 Å². The van der Waals surface area contributed by atoms with E-state index in [-0.39, 0.29) is 12.1 Å². The summed E-state index contributed by atoms with van der Waals surface area (Å²) in [6.45, 7) is 3.96. The number of benzene rings is 1. The molecule has 0 spiro atoms. The molecular formula is C14H24N2O2. The van der Waals surface area contributed by atoms with Gasteiger partial charge in [-0.05, 0) is 18.1 Å². The SMILES string of the molecule is COCc1ccccc1C(CN)NCC(C)OC. The van der Waals surface area contributed by atoms with Gasteiger partial charge in [0.05, 0.1) is 12.7 Å². The summed E-state index contributed by atoms with van der Waals surface area (Å²) in [5.41, 5.74) is 8.23. The molecule has 0 fully saturated rings. The molecule has 0 saturated heterocycles. The first-order chi connectivity index (χ1) is 8.72. The molecule has 1 aromatic rings. The molecule has 2 atom stereocenters. The molecule has 1 aromatic carbocycles. The van der Waals surface area contributed by atoms with E-state index in [0.717, 1.165) is 6.54 Å². The van der Waals surface area contributed by atoms with Crippen molar-refractivity contribution in [1.29, 1.82) is 0 Å². The predicted octanol–water partition coefficient (Wildman–Crippen LogP) is 1.46. The quantitative estimate of drug-likeness (QED) is 0.735. The van der Waals surface area contributed by atoms with Gasteiger partial charge in [-0.15, -0.1) is 0 Å². The molecule has 0 heterocycles. The van der Waals surface area contributed by atoms with Crippen molar-refractivity contribution >= 4 is 0 Å². The van der Waals surface area contributed by atoms with Crippen LogP contribution in [0.5, 0.6) is 0 Å². The third kappa shape index (κ3) is 4.38. The summed E-state index contributed by atoms with van der Waals surface area (Å²) >= 11 is 0. The van der Waals surface area contributed by atoms with Gasteiger partial charge in [0.15, 0.2) is 0 Å². The van der Waals surface area contributed by atoms with Crippen LogP contribution in [0.1, 0.15) is 24.1 Å². The highest BCUT2D eigenvalue weighted by molar-refractivity contribution is 5.29. The van der Waals surface area contributed by atoms with Crippen molar-refractivity contribution in [1.82, 2.24) is 5.32 Å². The molecule has 0 bridgehead atoms. The Hall–Kier alpha value is -0.940. The number of methoxy groups -OCH3 is 2. The minimum absolute atomic E-state index is 0.133. The fourth-order valence-electron chi connectivity index (χ4n) is 1.87. The largest absolute Gasteiger partial charge is 0.380 e. The summed E-state index contributed by atoms with van der Waals surface area (Å²) in [4.78, 5) is 0. The van der Waals surface area contributed by atoms with Crippen LogP contribution in [0.15, 0.2) is 24.3 Å². The fraction of sp³-hybridized carbons (Fsp3) is 0.571. The van der Waals surface area contributed by atoms with Crippen LogP contribution in [-0.2, 0) is 16.1 Å². The first kappa shape index (κ1) is 15.1. The molecule has 4 heteroatoms. The Bertz CT molecular complexity index is 344. The van der Waals surface area contributed by atoms with Gasteiger partial charge in [-0.2, -0.15) is 0 Å². The molecule has 18 heavy (non-hydrogen) atoms. The number of hydrogen-bond acceptors (Lipinski definition) is 4. The molecule has 102 valence electrons. The lowest BCUT2D eigenvalue weighted by Crippen LogP contribution is -2.34. The van der Waals surface area contributed by atoms with Gasteiger partial charge in [0.25, 0.3) is 0 Å². The average molecular weight is 252 g/mol. The standard InChI is InChI=1S/C14H24N2O2/c1-11(18-3)9-16-14(8-15)13-7-5-4-6-12(13)10-17-2/h4-7,11,14,16H,8-10,15H2,1-3H3. The molecule has 0 aliphatic heterocycles. The van der Waals surface area contributed by atoms with E-state index in [2.05, 4.69) is 17.4 Å². The smallest absolute Gasteiger partial charge is 0.0716 e. The Morgan fingerprint density at radius 2 is 2.00 bits per heavy atom. The van der Waals surface area contributed by atoms with Crippen LogP contribution < -0.4 is 11.1 Å². The maximum Gasteiger partial charge on any atom is 0.0716 e. The predicted molar refractivity (Wildman–Crippen MR) is 73.4 cm³/mol. The number of nitrogens with one attached hydrogen (secondary N) is 1. The van der Waals surface area contributed by atoms with Crippen LogP contribution in [0.25, 0.3) is 0 Å². The highest BCUT2D eigenvalue weighted by Gasteiger charge is 2.13. The van der Waals surface area contributed by atoms with Gasteiger partial charge in [-0.1, -0.05) is 24.3 Å². The second kappa shape index (κ2) is 8.21. The first-order valence-electron chi connectivity index (χ1n) is 6.25. The van der Waals surface area contributed by atoms with E-state index in [1.807, 2.05) is 19.1 Å². The topological polar surface area (TPSA) is 56.5 Å². The van der Waals surface area contributed by atoms with Crippen LogP contribution in [-0.4, -0.2) is 33.4 Å². The Kier molecular flexibility index (Phi) is 6.90. The summed E-state index contributed by atoms with van der Waals surface area (Å²) in [6, 6.07) is 8.34. The molecule has 0 aromatic heterocycles. The number of hydrogen-bond donors (Lipinski definition) is 2. The molecule has 0 radical (unpaired) electrons. The Morgan fingerprint density at radius 1 is 1.28 bits per heavy atom. The first-order valence-corrected chi connectivity index (χ1v) is 6.25. The highest BCUT2D eigenvalue weighted by atomic mass is 16.5. The van der Waals surface area contributed by atoms with Gasteiger partial charge in [0.1, 0.15) is 0 Å². The van der Waals surface area contributed by atoms with E-state index < -0.39 is 0 Å². The third-order valence-corrected chi connectivity index (χ3v) is 3.02. The summed E-state index contributed by atoms with van der Waals surface area (Å²) < 4.78 is 10.4. The third-order valence-electron chi connectivity index (χ3n) is 3.02. The normalized spacial score (nSPS) is 14.4. The maximum absolute atomic E-state index is 5.85. The molecule has 4 nitrogen and oxygen atoms in total. The van der Waals surface area contributed by atoms with Crippen molar-refractivity contribution in [3.05, 3.63) is 35.4 Å². The van der Waals surface area contributed by atoms with Crippen LogP contribution in [0, 0.1) is 0 Å². The zero-order valence-corrected chi connectivity index (χ0v) is 11.5. The van der Waals surface area contributed by atoms with Crippen LogP contribution in [0.3, 0.4) is 0 Å². The minimum atomic E-state index is 0.133. The molecule has 2 unspecified atom stereocenters. The zero-order valence-electron chi connectivity index (χ0n) is 11.5.